The summed E-state index contributed by atoms with van der Waals surface area (Å²) < 4.78 is 5.50. The van der Waals surface area contributed by atoms with E-state index in [0.717, 1.165) is 23.7 Å². The molecule has 4 rings (SSSR count). The van der Waals surface area contributed by atoms with Crippen molar-refractivity contribution in [3.8, 4) is 0 Å². The predicted molar refractivity (Wildman–Crippen MR) is 117 cm³/mol. The van der Waals surface area contributed by atoms with Crippen molar-refractivity contribution in [2.45, 2.75) is 6.04 Å². The Kier molecular flexibility index (Phi) is 6.85. The van der Waals surface area contributed by atoms with Crippen LogP contribution in [0, 0.1) is 0 Å². The minimum absolute atomic E-state index is 0.134. The number of rotatable bonds is 7. The molecule has 1 aromatic carbocycles. The second-order valence-corrected chi connectivity index (χ2v) is 8.00. The summed E-state index contributed by atoms with van der Waals surface area (Å²) in [6.07, 6.45) is 1.54. The first-order valence-corrected chi connectivity index (χ1v) is 10.8. The van der Waals surface area contributed by atoms with Gasteiger partial charge in [-0.05, 0) is 29.8 Å². The zero-order valence-electron chi connectivity index (χ0n) is 16.1. The third-order valence-electron chi connectivity index (χ3n) is 4.80. The lowest BCUT2D eigenvalue weighted by Crippen LogP contribution is -2.41. The molecule has 1 atom stereocenters. The van der Waals surface area contributed by atoms with Crippen molar-refractivity contribution in [3.63, 3.8) is 0 Å². The minimum atomic E-state index is -0.268. The summed E-state index contributed by atoms with van der Waals surface area (Å²) in [7, 11) is 0. The molecule has 0 bridgehead atoms. The van der Waals surface area contributed by atoms with Crippen LogP contribution in [-0.4, -0.2) is 58.8 Å². The summed E-state index contributed by atoms with van der Waals surface area (Å²) in [5.74, 6) is 0.429. The molecule has 10 heteroatoms. The fraction of sp³-hybridized carbons (Fsp3) is 0.300. The van der Waals surface area contributed by atoms with E-state index >= 15 is 0 Å². The van der Waals surface area contributed by atoms with Gasteiger partial charge in [-0.2, -0.15) is 0 Å². The van der Waals surface area contributed by atoms with Crippen LogP contribution in [0.1, 0.15) is 22.0 Å². The third kappa shape index (κ3) is 5.31. The number of morpholine rings is 1. The lowest BCUT2D eigenvalue weighted by atomic mass is 10.0. The Morgan fingerprint density at radius 3 is 2.83 bits per heavy atom. The second kappa shape index (κ2) is 9.94. The third-order valence-corrected chi connectivity index (χ3v) is 5.64. The molecular formula is C20H21ClN6O2S. The van der Waals surface area contributed by atoms with Crippen LogP contribution in [0.4, 0.5) is 10.9 Å². The van der Waals surface area contributed by atoms with Gasteiger partial charge in [0.05, 0.1) is 24.8 Å². The molecule has 1 amide bonds. The first kappa shape index (κ1) is 20.7. The number of anilines is 2. The van der Waals surface area contributed by atoms with E-state index in [0.29, 0.717) is 36.3 Å². The molecule has 1 aliphatic heterocycles. The van der Waals surface area contributed by atoms with Crippen molar-refractivity contribution in [3.05, 3.63) is 64.3 Å². The van der Waals surface area contributed by atoms with Crippen LogP contribution in [0.3, 0.4) is 0 Å². The summed E-state index contributed by atoms with van der Waals surface area (Å²) in [5, 5.41) is 14.8. The number of hydrogen-bond donors (Lipinski definition) is 2. The lowest BCUT2D eigenvalue weighted by Gasteiger charge is -2.35. The van der Waals surface area contributed by atoms with E-state index < -0.39 is 0 Å². The highest BCUT2D eigenvalue weighted by molar-refractivity contribution is 7.13. The SMILES string of the molecule is O=C(Nc1nncs1)c1ccc(NCC(c2cccc(Cl)c2)N2CCOCC2)nc1. The maximum absolute atomic E-state index is 12.2. The number of nitrogens with zero attached hydrogens (tertiary/aromatic N) is 4. The number of ether oxygens (including phenoxy) is 1. The summed E-state index contributed by atoms with van der Waals surface area (Å²) in [6.45, 7) is 3.80. The van der Waals surface area contributed by atoms with Gasteiger partial charge in [-0.15, -0.1) is 10.2 Å². The Bertz CT molecular complexity index is 964. The monoisotopic (exact) mass is 444 g/mol. The molecule has 3 heterocycles. The van der Waals surface area contributed by atoms with E-state index in [1.165, 1.54) is 11.3 Å². The van der Waals surface area contributed by atoms with Crippen molar-refractivity contribution >= 4 is 39.8 Å². The van der Waals surface area contributed by atoms with Gasteiger partial charge < -0.3 is 10.1 Å². The molecule has 0 radical (unpaired) electrons. The highest BCUT2D eigenvalue weighted by Crippen LogP contribution is 2.25. The van der Waals surface area contributed by atoms with Gasteiger partial charge in [0.25, 0.3) is 5.91 Å². The summed E-state index contributed by atoms with van der Waals surface area (Å²) in [6, 6.07) is 11.6. The zero-order chi connectivity index (χ0) is 20.8. The number of pyridine rings is 1. The van der Waals surface area contributed by atoms with Crippen LogP contribution in [0.2, 0.25) is 5.02 Å². The zero-order valence-corrected chi connectivity index (χ0v) is 17.7. The van der Waals surface area contributed by atoms with Crippen LogP contribution in [0.15, 0.2) is 48.1 Å². The molecule has 3 aromatic rings. The maximum Gasteiger partial charge on any atom is 0.259 e. The van der Waals surface area contributed by atoms with Gasteiger partial charge in [0.1, 0.15) is 11.3 Å². The molecule has 1 unspecified atom stereocenters. The van der Waals surface area contributed by atoms with E-state index in [-0.39, 0.29) is 11.9 Å². The van der Waals surface area contributed by atoms with Crippen LogP contribution < -0.4 is 10.6 Å². The predicted octanol–water partition coefficient (Wildman–Crippen LogP) is 3.32. The Labute approximate surface area is 183 Å². The standard InChI is InChI=1S/C20H21ClN6O2S/c21-16-3-1-2-14(10-16)17(27-6-8-29-9-7-27)12-23-18-5-4-15(11-22-18)19(28)25-20-26-24-13-30-20/h1-5,10-11,13,17H,6-9,12H2,(H,22,23)(H,25,26,28). The highest BCUT2D eigenvalue weighted by atomic mass is 35.5. The van der Waals surface area contributed by atoms with Crippen LogP contribution in [-0.2, 0) is 4.74 Å². The van der Waals surface area contributed by atoms with Crippen molar-refractivity contribution in [2.75, 3.05) is 43.5 Å². The molecule has 2 N–H and O–H groups in total. The van der Waals surface area contributed by atoms with Crippen molar-refractivity contribution in [2.24, 2.45) is 0 Å². The number of halogens is 1. The second-order valence-electron chi connectivity index (χ2n) is 6.73. The quantitative estimate of drug-likeness (QED) is 0.577. The first-order valence-electron chi connectivity index (χ1n) is 9.54. The van der Waals surface area contributed by atoms with Gasteiger partial charge in [0.2, 0.25) is 5.13 Å². The van der Waals surface area contributed by atoms with Crippen molar-refractivity contribution < 1.29 is 9.53 Å². The van der Waals surface area contributed by atoms with Gasteiger partial charge in [0, 0.05) is 30.9 Å². The Morgan fingerprint density at radius 2 is 2.13 bits per heavy atom. The van der Waals surface area contributed by atoms with Crippen LogP contribution >= 0.6 is 22.9 Å². The average Bonchev–Trinajstić information content (AvgIpc) is 3.28. The van der Waals surface area contributed by atoms with E-state index in [4.69, 9.17) is 16.3 Å². The number of benzene rings is 1. The minimum Gasteiger partial charge on any atom is -0.379 e. The number of carbonyl (C=O) groups excluding carboxylic acids is 1. The maximum atomic E-state index is 12.2. The highest BCUT2D eigenvalue weighted by Gasteiger charge is 2.23. The smallest absolute Gasteiger partial charge is 0.259 e. The van der Waals surface area contributed by atoms with Gasteiger partial charge in [-0.3, -0.25) is 15.0 Å². The molecule has 2 aromatic heterocycles. The fourth-order valence-electron chi connectivity index (χ4n) is 3.29. The molecule has 8 nitrogen and oxygen atoms in total. The van der Waals surface area contributed by atoms with Gasteiger partial charge in [-0.1, -0.05) is 35.1 Å². The molecule has 0 spiro atoms. The topological polar surface area (TPSA) is 92.3 Å². The molecule has 0 aliphatic carbocycles. The normalized spacial score (nSPS) is 15.5. The van der Waals surface area contributed by atoms with E-state index in [9.17, 15) is 4.79 Å². The molecule has 1 saturated heterocycles. The number of hydrogen-bond acceptors (Lipinski definition) is 8. The van der Waals surface area contributed by atoms with Crippen LogP contribution in [0.25, 0.3) is 0 Å². The average molecular weight is 445 g/mol. The number of carbonyl (C=O) groups is 1. The van der Waals surface area contributed by atoms with Crippen molar-refractivity contribution in [1.82, 2.24) is 20.1 Å². The lowest BCUT2D eigenvalue weighted by molar-refractivity contribution is 0.0187. The van der Waals surface area contributed by atoms with Crippen molar-refractivity contribution in [1.29, 1.82) is 0 Å². The summed E-state index contributed by atoms with van der Waals surface area (Å²) in [4.78, 5) is 19.0. The molecule has 156 valence electrons. The molecule has 1 aliphatic rings. The molecule has 1 fully saturated rings. The van der Waals surface area contributed by atoms with Gasteiger partial charge >= 0.3 is 0 Å². The largest absolute Gasteiger partial charge is 0.379 e. The summed E-state index contributed by atoms with van der Waals surface area (Å²) >= 11 is 7.48. The van der Waals surface area contributed by atoms with E-state index in [1.54, 1.807) is 23.8 Å². The number of amides is 1. The van der Waals surface area contributed by atoms with Gasteiger partial charge in [-0.25, -0.2) is 4.98 Å². The Morgan fingerprint density at radius 1 is 1.27 bits per heavy atom. The Hall–Kier alpha value is -2.59. The molecule has 0 saturated carbocycles. The fourth-order valence-corrected chi connectivity index (χ4v) is 3.93. The summed E-state index contributed by atoms with van der Waals surface area (Å²) in [5.41, 5.74) is 3.16. The van der Waals surface area contributed by atoms with E-state index in [2.05, 4.69) is 36.8 Å². The first-order chi connectivity index (χ1) is 14.7. The number of nitrogens with one attached hydrogen (secondary N) is 2. The molecular weight excluding hydrogens is 424 g/mol. The van der Waals surface area contributed by atoms with E-state index in [1.807, 2.05) is 18.2 Å². The number of aromatic nitrogens is 3. The Balaban J connectivity index is 1.42. The molecule has 30 heavy (non-hydrogen) atoms. The van der Waals surface area contributed by atoms with Gasteiger partial charge in [0.15, 0.2) is 0 Å². The van der Waals surface area contributed by atoms with Crippen LogP contribution in [0.5, 0.6) is 0 Å².